The predicted octanol–water partition coefficient (Wildman–Crippen LogP) is 4.27. The quantitative estimate of drug-likeness (QED) is 0.575. The van der Waals surface area contributed by atoms with Crippen molar-refractivity contribution in [3.8, 4) is 5.75 Å². The first kappa shape index (κ1) is 22.0. The average Bonchev–Trinajstić information content (AvgIpc) is 3.38. The van der Waals surface area contributed by atoms with E-state index in [9.17, 15) is 4.79 Å². The third-order valence-corrected chi connectivity index (χ3v) is 6.21. The minimum absolute atomic E-state index is 0.0230. The Morgan fingerprint density at radius 1 is 1.22 bits per heavy atom. The molecule has 2 atom stereocenters. The van der Waals surface area contributed by atoms with Crippen LogP contribution in [-0.4, -0.2) is 44.6 Å². The monoisotopic (exact) mass is 433 g/mol. The SMILES string of the molecule is COc1cccc(C(CNC(=O)c2ccoc2CN2c3ccccc3CC2C)N(C)C)c1. The van der Waals surface area contributed by atoms with Crippen molar-refractivity contribution in [1.29, 1.82) is 0 Å². The highest BCUT2D eigenvalue weighted by molar-refractivity contribution is 5.95. The summed E-state index contributed by atoms with van der Waals surface area (Å²) in [5.74, 6) is 1.37. The third-order valence-electron chi connectivity index (χ3n) is 6.21. The zero-order valence-electron chi connectivity index (χ0n) is 19.2. The highest BCUT2D eigenvalue weighted by Gasteiger charge is 2.28. The Balaban J connectivity index is 1.46. The minimum Gasteiger partial charge on any atom is -0.497 e. The number of anilines is 1. The molecule has 3 aromatic rings. The van der Waals surface area contributed by atoms with Crippen molar-refractivity contribution >= 4 is 11.6 Å². The summed E-state index contributed by atoms with van der Waals surface area (Å²) in [5, 5.41) is 3.10. The van der Waals surface area contributed by atoms with Gasteiger partial charge < -0.3 is 24.3 Å². The molecule has 2 heterocycles. The molecule has 0 radical (unpaired) electrons. The van der Waals surface area contributed by atoms with Crippen LogP contribution in [0, 0.1) is 0 Å². The largest absolute Gasteiger partial charge is 0.497 e. The second kappa shape index (κ2) is 9.49. The molecule has 168 valence electrons. The zero-order valence-corrected chi connectivity index (χ0v) is 19.2. The van der Waals surface area contributed by atoms with Gasteiger partial charge >= 0.3 is 0 Å². The van der Waals surface area contributed by atoms with E-state index in [4.69, 9.17) is 9.15 Å². The molecule has 32 heavy (non-hydrogen) atoms. The number of rotatable bonds is 8. The molecule has 4 rings (SSSR count). The van der Waals surface area contributed by atoms with E-state index in [-0.39, 0.29) is 11.9 Å². The number of furan rings is 1. The van der Waals surface area contributed by atoms with Crippen molar-refractivity contribution < 1.29 is 13.9 Å². The molecule has 1 aliphatic heterocycles. The molecule has 6 nitrogen and oxygen atoms in total. The highest BCUT2D eigenvalue weighted by Crippen LogP contribution is 2.33. The molecule has 2 aromatic carbocycles. The highest BCUT2D eigenvalue weighted by atomic mass is 16.5. The molecule has 1 aliphatic rings. The number of benzene rings is 2. The van der Waals surface area contributed by atoms with Gasteiger partial charge in [-0.05, 0) is 62.8 Å². The van der Waals surface area contributed by atoms with E-state index in [1.165, 1.54) is 11.3 Å². The normalized spacial score (nSPS) is 16.2. The topological polar surface area (TPSA) is 58.0 Å². The summed E-state index contributed by atoms with van der Waals surface area (Å²) in [7, 11) is 5.67. The molecule has 1 N–H and O–H groups in total. The third kappa shape index (κ3) is 4.50. The van der Waals surface area contributed by atoms with Gasteiger partial charge in [-0.25, -0.2) is 0 Å². The van der Waals surface area contributed by atoms with Gasteiger partial charge in [0.25, 0.3) is 5.91 Å². The van der Waals surface area contributed by atoms with Gasteiger partial charge in [0, 0.05) is 18.3 Å². The molecule has 0 spiro atoms. The summed E-state index contributed by atoms with van der Waals surface area (Å²) in [6.07, 6.45) is 2.60. The Kier molecular flexibility index (Phi) is 6.51. The number of carbonyl (C=O) groups is 1. The van der Waals surface area contributed by atoms with E-state index in [0.29, 0.717) is 30.5 Å². The average molecular weight is 434 g/mol. The van der Waals surface area contributed by atoms with Crippen LogP contribution in [0.15, 0.2) is 65.3 Å². The zero-order chi connectivity index (χ0) is 22.7. The van der Waals surface area contributed by atoms with Crippen molar-refractivity contribution in [2.45, 2.75) is 32.0 Å². The van der Waals surface area contributed by atoms with E-state index >= 15 is 0 Å². The van der Waals surface area contributed by atoms with Gasteiger partial charge in [-0.15, -0.1) is 0 Å². The Hall–Kier alpha value is -3.25. The maximum Gasteiger partial charge on any atom is 0.254 e. The number of hydrogen-bond donors (Lipinski definition) is 1. The number of methoxy groups -OCH3 is 1. The maximum absolute atomic E-state index is 13.1. The molecular formula is C26H31N3O3. The van der Waals surface area contributed by atoms with Crippen LogP contribution in [0.25, 0.3) is 0 Å². The van der Waals surface area contributed by atoms with E-state index in [0.717, 1.165) is 17.7 Å². The molecule has 0 bridgehead atoms. The number of nitrogens with zero attached hydrogens (tertiary/aromatic N) is 2. The fourth-order valence-corrected chi connectivity index (χ4v) is 4.42. The number of carbonyl (C=O) groups excluding carboxylic acids is 1. The number of para-hydroxylation sites is 1. The van der Waals surface area contributed by atoms with Gasteiger partial charge in [-0.3, -0.25) is 4.79 Å². The number of nitrogens with one attached hydrogen (secondary N) is 1. The number of amides is 1. The van der Waals surface area contributed by atoms with E-state index in [1.54, 1.807) is 19.4 Å². The maximum atomic E-state index is 13.1. The summed E-state index contributed by atoms with van der Waals surface area (Å²) in [6.45, 7) is 3.26. The summed E-state index contributed by atoms with van der Waals surface area (Å²) < 4.78 is 11.1. The van der Waals surface area contributed by atoms with Gasteiger partial charge in [-0.2, -0.15) is 0 Å². The standard InChI is InChI=1S/C26H31N3O3/c1-18-14-19-8-5-6-11-23(19)29(18)17-25-22(12-13-32-25)26(30)27-16-24(28(2)3)20-9-7-10-21(15-20)31-4/h5-13,15,18,24H,14,16-17H2,1-4H3,(H,27,30). The number of fused-ring (bicyclic) bond motifs is 1. The van der Waals surface area contributed by atoms with Crippen molar-refractivity contribution in [1.82, 2.24) is 10.2 Å². The van der Waals surface area contributed by atoms with Crippen LogP contribution >= 0.6 is 0 Å². The number of ether oxygens (including phenoxy) is 1. The second-order valence-corrected chi connectivity index (χ2v) is 8.53. The first-order valence-electron chi connectivity index (χ1n) is 11.0. The molecule has 1 amide bonds. The van der Waals surface area contributed by atoms with Gasteiger partial charge in [0.2, 0.25) is 0 Å². The fourth-order valence-electron chi connectivity index (χ4n) is 4.42. The van der Waals surface area contributed by atoms with Crippen LogP contribution in [0.2, 0.25) is 0 Å². The van der Waals surface area contributed by atoms with Crippen LogP contribution in [0.3, 0.4) is 0 Å². The van der Waals surface area contributed by atoms with Gasteiger partial charge in [0.1, 0.15) is 11.5 Å². The molecule has 0 aliphatic carbocycles. The lowest BCUT2D eigenvalue weighted by molar-refractivity contribution is 0.0940. The van der Waals surface area contributed by atoms with Gasteiger partial charge in [0.15, 0.2) is 0 Å². The second-order valence-electron chi connectivity index (χ2n) is 8.53. The number of likely N-dealkylation sites (N-methyl/N-ethyl adjacent to an activating group) is 1. The molecule has 0 fully saturated rings. The van der Waals surface area contributed by atoms with Gasteiger partial charge in [0.05, 0.1) is 31.5 Å². The van der Waals surface area contributed by atoms with Crippen LogP contribution in [0.1, 0.15) is 40.2 Å². The first-order chi connectivity index (χ1) is 15.5. The molecule has 0 saturated carbocycles. The molecule has 2 unspecified atom stereocenters. The number of hydrogen-bond acceptors (Lipinski definition) is 5. The van der Waals surface area contributed by atoms with E-state index < -0.39 is 0 Å². The Morgan fingerprint density at radius 3 is 2.81 bits per heavy atom. The van der Waals surface area contributed by atoms with Crippen molar-refractivity contribution in [2.75, 3.05) is 32.6 Å². The summed E-state index contributed by atoms with van der Waals surface area (Å²) in [5.41, 5.74) is 4.23. The lowest BCUT2D eigenvalue weighted by Gasteiger charge is -2.26. The Morgan fingerprint density at radius 2 is 2.03 bits per heavy atom. The van der Waals surface area contributed by atoms with E-state index in [2.05, 4.69) is 52.4 Å². The van der Waals surface area contributed by atoms with Crippen LogP contribution in [0.5, 0.6) is 5.75 Å². The van der Waals surface area contributed by atoms with Crippen LogP contribution < -0.4 is 15.0 Å². The molecule has 1 aromatic heterocycles. The van der Waals surface area contributed by atoms with E-state index in [1.807, 2.05) is 32.3 Å². The Labute approximate surface area is 189 Å². The lowest BCUT2D eigenvalue weighted by atomic mass is 10.1. The van der Waals surface area contributed by atoms with Crippen molar-refractivity contribution in [2.24, 2.45) is 0 Å². The first-order valence-corrected chi connectivity index (χ1v) is 11.0. The van der Waals surface area contributed by atoms with Crippen LogP contribution in [-0.2, 0) is 13.0 Å². The molecule has 6 heteroatoms. The predicted molar refractivity (Wildman–Crippen MR) is 126 cm³/mol. The lowest BCUT2D eigenvalue weighted by Crippen LogP contribution is -2.35. The molecule has 0 saturated heterocycles. The summed E-state index contributed by atoms with van der Waals surface area (Å²) in [6, 6.07) is 18.5. The van der Waals surface area contributed by atoms with Crippen molar-refractivity contribution in [3.63, 3.8) is 0 Å². The summed E-state index contributed by atoms with van der Waals surface area (Å²) >= 11 is 0. The smallest absolute Gasteiger partial charge is 0.254 e. The Bertz CT molecular complexity index is 1080. The van der Waals surface area contributed by atoms with Crippen molar-refractivity contribution in [3.05, 3.63) is 83.3 Å². The fraction of sp³-hybridized carbons (Fsp3) is 0.346. The minimum atomic E-state index is -0.122. The van der Waals surface area contributed by atoms with Crippen LogP contribution in [0.4, 0.5) is 5.69 Å². The molecular weight excluding hydrogens is 402 g/mol. The summed E-state index contributed by atoms with van der Waals surface area (Å²) in [4.78, 5) is 17.5. The van der Waals surface area contributed by atoms with Gasteiger partial charge in [-0.1, -0.05) is 30.3 Å².